The fourth-order valence-electron chi connectivity index (χ4n) is 4.80. The van der Waals surface area contributed by atoms with Crippen molar-refractivity contribution in [1.29, 1.82) is 0 Å². The van der Waals surface area contributed by atoms with Crippen molar-refractivity contribution < 1.29 is 19.2 Å². The molecule has 0 radical (unpaired) electrons. The van der Waals surface area contributed by atoms with Crippen LogP contribution in [-0.2, 0) is 9.57 Å². The Labute approximate surface area is 153 Å². The van der Waals surface area contributed by atoms with Crippen LogP contribution in [0.3, 0.4) is 0 Å². The molecule has 1 saturated heterocycles. The topological polar surface area (TPSA) is 67.9 Å². The van der Waals surface area contributed by atoms with Crippen LogP contribution in [0.15, 0.2) is 30.3 Å². The molecule has 0 aromatic heterocycles. The van der Waals surface area contributed by atoms with Gasteiger partial charge >= 0.3 is 12.1 Å². The predicted molar refractivity (Wildman–Crippen MR) is 95.3 cm³/mol. The quantitative estimate of drug-likeness (QED) is 0.899. The number of carbonyl (C=O) groups excluding carboxylic acids is 2. The summed E-state index contributed by atoms with van der Waals surface area (Å²) < 4.78 is 5.48. The van der Waals surface area contributed by atoms with E-state index >= 15 is 0 Å². The van der Waals surface area contributed by atoms with Gasteiger partial charge in [-0.05, 0) is 58.1 Å². The molecule has 3 fully saturated rings. The van der Waals surface area contributed by atoms with Crippen LogP contribution >= 0.6 is 0 Å². The van der Waals surface area contributed by atoms with E-state index in [1.165, 1.54) is 0 Å². The highest BCUT2D eigenvalue weighted by molar-refractivity contribution is 5.89. The largest absolute Gasteiger partial charge is 0.444 e. The number of benzene rings is 1. The van der Waals surface area contributed by atoms with E-state index in [4.69, 9.17) is 9.57 Å². The molecule has 1 aromatic carbocycles. The van der Waals surface area contributed by atoms with E-state index in [1.807, 2.05) is 39.0 Å². The first kappa shape index (κ1) is 17.3. The maximum atomic E-state index is 12.4. The van der Waals surface area contributed by atoms with Crippen LogP contribution in [0.1, 0.15) is 50.4 Å². The molecule has 1 amide bonds. The Morgan fingerprint density at radius 3 is 2.58 bits per heavy atom. The van der Waals surface area contributed by atoms with E-state index in [0.29, 0.717) is 24.6 Å². The van der Waals surface area contributed by atoms with Crippen molar-refractivity contribution in [1.82, 2.24) is 10.4 Å². The van der Waals surface area contributed by atoms with Crippen LogP contribution in [0.2, 0.25) is 0 Å². The number of ether oxygens (including phenoxy) is 1. The molecule has 6 heteroatoms. The molecule has 2 aliphatic carbocycles. The van der Waals surface area contributed by atoms with Gasteiger partial charge in [0.25, 0.3) is 0 Å². The minimum Gasteiger partial charge on any atom is -0.444 e. The zero-order chi connectivity index (χ0) is 18.6. The summed E-state index contributed by atoms with van der Waals surface area (Å²) in [5, 5.41) is 4.87. The fraction of sp³-hybridized carbons (Fsp3) is 0.600. The number of nitrogens with zero attached hydrogens (tertiary/aromatic N) is 1. The van der Waals surface area contributed by atoms with E-state index in [1.54, 1.807) is 17.2 Å². The van der Waals surface area contributed by atoms with E-state index in [0.717, 1.165) is 19.3 Å². The Hall–Kier alpha value is -2.08. The van der Waals surface area contributed by atoms with Crippen LogP contribution in [-0.4, -0.2) is 41.4 Å². The van der Waals surface area contributed by atoms with Crippen LogP contribution in [0.4, 0.5) is 4.79 Å². The maximum Gasteiger partial charge on any atom is 0.408 e. The molecule has 3 aliphatic rings. The van der Waals surface area contributed by atoms with Crippen molar-refractivity contribution in [3.8, 4) is 0 Å². The van der Waals surface area contributed by atoms with E-state index in [9.17, 15) is 9.59 Å². The number of alkyl carbamates (subject to hydrolysis) is 1. The van der Waals surface area contributed by atoms with Gasteiger partial charge in [0.05, 0.1) is 17.6 Å². The Bertz CT molecular complexity index is 729. The van der Waals surface area contributed by atoms with Crippen molar-refractivity contribution in [3.63, 3.8) is 0 Å². The number of hydroxylamine groups is 2. The number of carbonyl (C=O) groups is 2. The lowest BCUT2D eigenvalue weighted by Crippen LogP contribution is -2.55. The first-order chi connectivity index (χ1) is 12.2. The van der Waals surface area contributed by atoms with Gasteiger partial charge in [-0.2, -0.15) is 0 Å². The minimum absolute atomic E-state index is 0.0148. The highest BCUT2D eigenvalue weighted by atomic mass is 16.7. The molecule has 1 spiro atoms. The molecule has 1 aliphatic heterocycles. The van der Waals surface area contributed by atoms with E-state index in [2.05, 4.69) is 5.32 Å². The summed E-state index contributed by atoms with van der Waals surface area (Å²) in [4.78, 5) is 30.4. The molecule has 0 bridgehead atoms. The minimum atomic E-state index is -0.534. The van der Waals surface area contributed by atoms with Gasteiger partial charge in [-0.3, -0.25) is 0 Å². The van der Waals surface area contributed by atoms with Crippen molar-refractivity contribution in [3.05, 3.63) is 35.9 Å². The monoisotopic (exact) mass is 358 g/mol. The Morgan fingerprint density at radius 1 is 1.19 bits per heavy atom. The SMILES string of the molecule is CC(C)(C)OC(=O)NC12CCC3CC31CN(OC(=O)c1ccccc1)C2. The summed E-state index contributed by atoms with van der Waals surface area (Å²) in [7, 11) is 0. The zero-order valence-corrected chi connectivity index (χ0v) is 15.6. The van der Waals surface area contributed by atoms with E-state index < -0.39 is 5.60 Å². The maximum absolute atomic E-state index is 12.4. The molecule has 4 rings (SSSR count). The third-order valence-electron chi connectivity index (χ3n) is 5.97. The standard InChI is InChI=1S/C20H26N2O4/c1-18(2,3)25-17(24)21-20-10-9-15-11-19(15,20)12-22(13-20)26-16(23)14-7-5-4-6-8-14/h4-8,15H,9-13H2,1-3H3,(H,21,24). The Kier molecular flexibility index (Phi) is 3.81. The van der Waals surface area contributed by atoms with Crippen LogP contribution < -0.4 is 5.32 Å². The fourth-order valence-corrected chi connectivity index (χ4v) is 4.80. The number of hydrogen-bond acceptors (Lipinski definition) is 5. The van der Waals surface area contributed by atoms with Crippen LogP contribution in [0.25, 0.3) is 0 Å². The number of hydrogen-bond donors (Lipinski definition) is 1. The van der Waals surface area contributed by atoms with Gasteiger partial charge < -0.3 is 14.9 Å². The van der Waals surface area contributed by atoms with Crippen molar-refractivity contribution in [2.24, 2.45) is 11.3 Å². The summed E-state index contributed by atoms with van der Waals surface area (Å²) in [5.74, 6) is 0.240. The lowest BCUT2D eigenvalue weighted by atomic mass is 9.85. The summed E-state index contributed by atoms with van der Waals surface area (Å²) >= 11 is 0. The molecule has 1 heterocycles. The molecule has 3 unspecified atom stereocenters. The lowest BCUT2D eigenvalue weighted by molar-refractivity contribution is -0.0997. The molecular weight excluding hydrogens is 332 g/mol. The second-order valence-corrected chi connectivity index (χ2v) is 8.85. The van der Waals surface area contributed by atoms with E-state index in [-0.39, 0.29) is 23.0 Å². The summed E-state index contributed by atoms with van der Waals surface area (Å²) in [5.41, 5.74) is -0.353. The van der Waals surface area contributed by atoms with Crippen LogP contribution in [0, 0.1) is 11.3 Å². The molecule has 3 atom stereocenters. The molecule has 26 heavy (non-hydrogen) atoms. The second kappa shape index (κ2) is 5.71. The number of amides is 1. The van der Waals surface area contributed by atoms with Gasteiger partial charge in [0, 0.05) is 12.0 Å². The van der Waals surface area contributed by atoms with Gasteiger partial charge in [0.2, 0.25) is 0 Å². The van der Waals surface area contributed by atoms with Crippen molar-refractivity contribution in [2.45, 2.75) is 51.2 Å². The summed E-state index contributed by atoms with van der Waals surface area (Å²) in [6.45, 7) is 6.76. The van der Waals surface area contributed by atoms with Crippen molar-refractivity contribution >= 4 is 12.1 Å². The summed E-state index contributed by atoms with van der Waals surface area (Å²) in [6, 6.07) is 8.98. The average Bonchev–Trinajstić information content (AvgIpc) is 3.06. The van der Waals surface area contributed by atoms with Gasteiger partial charge in [0.1, 0.15) is 5.60 Å². The first-order valence-corrected chi connectivity index (χ1v) is 9.27. The van der Waals surface area contributed by atoms with Gasteiger partial charge in [-0.25, -0.2) is 9.59 Å². The van der Waals surface area contributed by atoms with Gasteiger partial charge in [-0.15, -0.1) is 5.06 Å². The van der Waals surface area contributed by atoms with Gasteiger partial charge in [0.15, 0.2) is 0 Å². The highest BCUT2D eigenvalue weighted by Gasteiger charge is 2.75. The summed E-state index contributed by atoms with van der Waals surface area (Å²) in [6.07, 6.45) is 2.69. The number of nitrogens with one attached hydrogen (secondary N) is 1. The molecular formula is C20H26N2O4. The highest BCUT2D eigenvalue weighted by Crippen LogP contribution is 2.71. The normalized spacial score (nSPS) is 32.5. The average molecular weight is 358 g/mol. The molecule has 1 aromatic rings. The molecule has 1 N–H and O–H groups in total. The Morgan fingerprint density at radius 2 is 1.92 bits per heavy atom. The first-order valence-electron chi connectivity index (χ1n) is 9.27. The molecule has 6 nitrogen and oxygen atoms in total. The third kappa shape index (κ3) is 2.86. The molecule has 2 saturated carbocycles. The predicted octanol–water partition coefficient (Wildman–Crippen LogP) is 3.14. The number of rotatable bonds is 3. The zero-order valence-electron chi connectivity index (χ0n) is 15.6. The second-order valence-electron chi connectivity index (χ2n) is 8.85. The smallest absolute Gasteiger partial charge is 0.408 e. The lowest BCUT2D eigenvalue weighted by Gasteiger charge is -2.33. The Balaban J connectivity index is 1.46. The van der Waals surface area contributed by atoms with Crippen LogP contribution in [0.5, 0.6) is 0 Å². The third-order valence-corrected chi connectivity index (χ3v) is 5.97. The van der Waals surface area contributed by atoms with Gasteiger partial charge in [-0.1, -0.05) is 18.2 Å². The van der Waals surface area contributed by atoms with Crippen molar-refractivity contribution in [2.75, 3.05) is 13.1 Å². The molecule has 140 valence electrons.